The van der Waals surface area contributed by atoms with Crippen molar-refractivity contribution in [3.63, 3.8) is 0 Å². The highest BCUT2D eigenvalue weighted by atomic mass is 16.5. The zero-order valence-corrected chi connectivity index (χ0v) is 11.4. The Labute approximate surface area is 108 Å². The molecule has 100 valence electrons. The summed E-state index contributed by atoms with van der Waals surface area (Å²) >= 11 is 0. The first-order chi connectivity index (χ1) is 8.36. The zero-order chi connectivity index (χ0) is 13.8. The summed E-state index contributed by atoms with van der Waals surface area (Å²) in [5, 5.41) is 12.9. The van der Waals surface area contributed by atoms with Crippen LogP contribution in [0.4, 0.5) is 0 Å². The van der Waals surface area contributed by atoms with Gasteiger partial charge in [-0.2, -0.15) is 0 Å². The number of esters is 1. The van der Waals surface area contributed by atoms with Crippen LogP contribution in [-0.4, -0.2) is 29.8 Å². The Kier molecular flexibility index (Phi) is 4.87. The molecule has 0 bridgehead atoms. The molecule has 1 aromatic rings. The number of aliphatic hydroxyl groups is 1. The SMILES string of the molecule is COC(=O)c1ccc(CNC(C)(C)C(C)O)cc1. The summed E-state index contributed by atoms with van der Waals surface area (Å²) in [6, 6.07) is 7.21. The molecule has 0 spiro atoms. The maximum absolute atomic E-state index is 11.3. The Morgan fingerprint density at radius 2 is 1.94 bits per heavy atom. The summed E-state index contributed by atoms with van der Waals surface area (Å²) in [5.74, 6) is -0.334. The number of nitrogens with one attached hydrogen (secondary N) is 1. The van der Waals surface area contributed by atoms with Crippen molar-refractivity contribution in [1.29, 1.82) is 0 Å². The van der Waals surface area contributed by atoms with Crippen molar-refractivity contribution < 1.29 is 14.6 Å². The Morgan fingerprint density at radius 1 is 1.39 bits per heavy atom. The number of carbonyl (C=O) groups is 1. The van der Waals surface area contributed by atoms with Crippen LogP contribution in [0.5, 0.6) is 0 Å². The Balaban J connectivity index is 2.62. The van der Waals surface area contributed by atoms with Gasteiger partial charge in [0.2, 0.25) is 0 Å². The van der Waals surface area contributed by atoms with Crippen LogP contribution in [0.25, 0.3) is 0 Å². The fourth-order valence-electron chi connectivity index (χ4n) is 1.35. The molecule has 0 aliphatic heterocycles. The van der Waals surface area contributed by atoms with Gasteiger partial charge in [-0.15, -0.1) is 0 Å². The number of benzene rings is 1. The summed E-state index contributed by atoms with van der Waals surface area (Å²) in [5.41, 5.74) is 1.24. The number of hydrogen-bond donors (Lipinski definition) is 2. The molecular formula is C14H21NO3. The molecule has 0 fully saturated rings. The van der Waals surface area contributed by atoms with Gasteiger partial charge in [-0.05, 0) is 38.5 Å². The highest BCUT2D eigenvalue weighted by molar-refractivity contribution is 5.89. The van der Waals surface area contributed by atoms with Crippen LogP contribution < -0.4 is 5.32 Å². The molecule has 0 heterocycles. The lowest BCUT2D eigenvalue weighted by Crippen LogP contribution is -2.47. The second-order valence-corrected chi connectivity index (χ2v) is 4.94. The fourth-order valence-corrected chi connectivity index (χ4v) is 1.35. The number of hydrogen-bond acceptors (Lipinski definition) is 4. The highest BCUT2D eigenvalue weighted by Gasteiger charge is 2.22. The van der Waals surface area contributed by atoms with E-state index in [1.54, 1.807) is 19.1 Å². The summed E-state index contributed by atoms with van der Waals surface area (Å²) < 4.78 is 4.63. The quantitative estimate of drug-likeness (QED) is 0.782. The van der Waals surface area contributed by atoms with E-state index in [1.165, 1.54) is 7.11 Å². The summed E-state index contributed by atoms with van der Waals surface area (Å²) in [7, 11) is 1.36. The lowest BCUT2D eigenvalue weighted by molar-refractivity contribution is 0.0600. The lowest BCUT2D eigenvalue weighted by Gasteiger charge is -2.29. The molecule has 2 N–H and O–H groups in total. The van der Waals surface area contributed by atoms with E-state index < -0.39 is 6.10 Å². The van der Waals surface area contributed by atoms with Gasteiger partial charge in [0.15, 0.2) is 0 Å². The first-order valence-electron chi connectivity index (χ1n) is 5.97. The van der Waals surface area contributed by atoms with Crippen LogP contribution in [0.15, 0.2) is 24.3 Å². The molecule has 0 aliphatic carbocycles. The van der Waals surface area contributed by atoms with Crippen molar-refractivity contribution in [2.45, 2.75) is 39.0 Å². The summed E-state index contributed by atoms with van der Waals surface area (Å²) in [6.07, 6.45) is -0.438. The predicted molar refractivity (Wildman–Crippen MR) is 70.4 cm³/mol. The smallest absolute Gasteiger partial charge is 0.337 e. The second-order valence-electron chi connectivity index (χ2n) is 4.94. The molecule has 4 heteroatoms. The standard InChI is InChI=1S/C14H21NO3/c1-10(16)14(2,3)15-9-11-5-7-12(8-6-11)13(17)18-4/h5-8,10,15-16H,9H2,1-4H3. The lowest BCUT2D eigenvalue weighted by atomic mass is 9.98. The van der Waals surface area contributed by atoms with E-state index in [0.717, 1.165) is 5.56 Å². The van der Waals surface area contributed by atoms with Crippen molar-refractivity contribution >= 4 is 5.97 Å². The van der Waals surface area contributed by atoms with E-state index in [1.807, 2.05) is 26.0 Å². The Bertz CT molecular complexity index is 396. The van der Waals surface area contributed by atoms with E-state index in [9.17, 15) is 9.90 Å². The zero-order valence-electron chi connectivity index (χ0n) is 11.4. The van der Waals surface area contributed by atoms with Crippen LogP contribution in [0.2, 0.25) is 0 Å². The van der Waals surface area contributed by atoms with Gasteiger partial charge in [0.25, 0.3) is 0 Å². The van der Waals surface area contributed by atoms with Crippen molar-refractivity contribution in [2.24, 2.45) is 0 Å². The molecule has 1 rings (SSSR count). The molecule has 0 saturated heterocycles. The number of methoxy groups -OCH3 is 1. The average molecular weight is 251 g/mol. The maximum atomic E-state index is 11.3. The van der Waals surface area contributed by atoms with E-state index in [-0.39, 0.29) is 11.5 Å². The summed E-state index contributed by atoms with van der Waals surface area (Å²) in [6.45, 7) is 6.29. The topological polar surface area (TPSA) is 58.6 Å². The van der Waals surface area contributed by atoms with Crippen LogP contribution >= 0.6 is 0 Å². The third-order valence-electron chi connectivity index (χ3n) is 3.17. The minimum Gasteiger partial charge on any atom is -0.465 e. The highest BCUT2D eigenvalue weighted by Crippen LogP contribution is 2.11. The molecule has 0 aliphatic rings. The molecule has 18 heavy (non-hydrogen) atoms. The molecule has 4 nitrogen and oxygen atoms in total. The van der Waals surface area contributed by atoms with Gasteiger partial charge in [-0.3, -0.25) is 0 Å². The van der Waals surface area contributed by atoms with E-state index in [4.69, 9.17) is 0 Å². The fraction of sp³-hybridized carbons (Fsp3) is 0.500. The predicted octanol–water partition coefficient (Wildman–Crippen LogP) is 1.72. The van der Waals surface area contributed by atoms with E-state index in [0.29, 0.717) is 12.1 Å². The van der Waals surface area contributed by atoms with Gasteiger partial charge in [0.1, 0.15) is 0 Å². The van der Waals surface area contributed by atoms with Gasteiger partial charge in [-0.1, -0.05) is 12.1 Å². The van der Waals surface area contributed by atoms with Crippen molar-refractivity contribution in [3.8, 4) is 0 Å². The monoisotopic (exact) mass is 251 g/mol. The third kappa shape index (κ3) is 3.82. The normalized spacial score (nSPS) is 13.2. The van der Waals surface area contributed by atoms with Crippen molar-refractivity contribution in [2.75, 3.05) is 7.11 Å². The van der Waals surface area contributed by atoms with Gasteiger partial charge >= 0.3 is 5.97 Å². The number of rotatable bonds is 5. The largest absolute Gasteiger partial charge is 0.465 e. The Hall–Kier alpha value is -1.39. The van der Waals surface area contributed by atoms with Crippen LogP contribution in [-0.2, 0) is 11.3 Å². The molecule has 0 amide bonds. The van der Waals surface area contributed by atoms with E-state index in [2.05, 4.69) is 10.1 Å². The van der Waals surface area contributed by atoms with Crippen molar-refractivity contribution in [3.05, 3.63) is 35.4 Å². The van der Waals surface area contributed by atoms with Gasteiger partial charge in [0, 0.05) is 12.1 Å². The molecule has 1 aromatic carbocycles. The first kappa shape index (κ1) is 14.7. The maximum Gasteiger partial charge on any atom is 0.337 e. The number of carbonyl (C=O) groups excluding carboxylic acids is 1. The second kappa shape index (κ2) is 5.98. The van der Waals surface area contributed by atoms with Gasteiger partial charge < -0.3 is 15.2 Å². The molecule has 1 unspecified atom stereocenters. The number of ether oxygens (including phenoxy) is 1. The minimum absolute atomic E-state index is 0.334. The van der Waals surface area contributed by atoms with Crippen LogP contribution in [0.3, 0.4) is 0 Å². The van der Waals surface area contributed by atoms with Crippen molar-refractivity contribution in [1.82, 2.24) is 5.32 Å². The Morgan fingerprint density at radius 3 is 2.39 bits per heavy atom. The van der Waals surface area contributed by atoms with E-state index >= 15 is 0 Å². The first-order valence-corrected chi connectivity index (χ1v) is 5.97. The molecule has 0 saturated carbocycles. The van der Waals surface area contributed by atoms with Gasteiger partial charge in [0.05, 0.1) is 18.8 Å². The van der Waals surface area contributed by atoms with Crippen LogP contribution in [0.1, 0.15) is 36.7 Å². The molecule has 0 aromatic heterocycles. The summed E-state index contributed by atoms with van der Waals surface area (Å²) in [4.78, 5) is 11.3. The average Bonchev–Trinajstić information content (AvgIpc) is 2.36. The molecule has 1 atom stereocenters. The van der Waals surface area contributed by atoms with Crippen LogP contribution in [0, 0.1) is 0 Å². The molecule has 0 radical (unpaired) electrons. The third-order valence-corrected chi connectivity index (χ3v) is 3.17. The van der Waals surface area contributed by atoms with Gasteiger partial charge in [-0.25, -0.2) is 4.79 Å². The minimum atomic E-state index is -0.438. The number of aliphatic hydroxyl groups excluding tert-OH is 1. The molecular weight excluding hydrogens is 230 g/mol.